The molecule has 1 amide bonds. The quantitative estimate of drug-likeness (QED) is 0.699. The third kappa shape index (κ3) is 4.81. The summed E-state index contributed by atoms with van der Waals surface area (Å²) in [7, 11) is 0. The van der Waals surface area contributed by atoms with E-state index in [0.717, 1.165) is 11.3 Å². The number of pyridine rings is 1. The van der Waals surface area contributed by atoms with E-state index >= 15 is 0 Å². The first-order valence-electron chi connectivity index (χ1n) is 7.92. The highest BCUT2D eigenvalue weighted by atomic mass is 35.5. The Morgan fingerprint density at radius 2 is 1.88 bits per heavy atom. The molecule has 0 unspecified atom stereocenters. The van der Waals surface area contributed by atoms with Crippen molar-refractivity contribution in [3.8, 4) is 0 Å². The number of amides is 1. The molecule has 0 aliphatic carbocycles. The minimum absolute atomic E-state index is 0.136. The molecule has 1 heterocycles. The van der Waals surface area contributed by atoms with Gasteiger partial charge in [0.1, 0.15) is 5.82 Å². The molecule has 0 saturated carbocycles. The molecule has 126 valence electrons. The monoisotopic (exact) mass is 351 g/mol. The van der Waals surface area contributed by atoms with Crippen LogP contribution >= 0.6 is 11.6 Å². The number of aryl methyl sites for hydroxylation is 1. The van der Waals surface area contributed by atoms with Gasteiger partial charge in [0, 0.05) is 29.0 Å². The maximum atomic E-state index is 12.4. The molecule has 0 aliphatic rings. The van der Waals surface area contributed by atoms with Gasteiger partial charge < -0.3 is 10.6 Å². The van der Waals surface area contributed by atoms with Crippen LogP contribution in [0.2, 0.25) is 5.02 Å². The Bertz CT molecular complexity index is 878. The smallest absolute Gasteiger partial charge is 0.251 e. The molecule has 3 aromatic rings. The Kier molecular flexibility index (Phi) is 5.31. The lowest BCUT2D eigenvalue weighted by Crippen LogP contribution is -2.22. The second-order valence-corrected chi connectivity index (χ2v) is 6.17. The van der Waals surface area contributed by atoms with Gasteiger partial charge in [-0.05, 0) is 48.9 Å². The fourth-order valence-electron chi connectivity index (χ4n) is 2.43. The molecule has 1 aromatic heterocycles. The number of hydrogen-bond acceptors (Lipinski definition) is 3. The zero-order valence-electron chi connectivity index (χ0n) is 13.8. The first-order chi connectivity index (χ1) is 12.1. The van der Waals surface area contributed by atoms with Crippen molar-refractivity contribution >= 4 is 29.0 Å². The Labute approximate surface area is 151 Å². The third-order valence-corrected chi connectivity index (χ3v) is 3.93. The molecule has 5 heteroatoms. The molecular formula is C20H18ClN3O. The van der Waals surface area contributed by atoms with Crippen LogP contribution in [0.3, 0.4) is 0 Å². The minimum Gasteiger partial charge on any atom is -0.348 e. The first kappa shape index (κ1) is 17.0. The van der Waals surface area contributed by atoms with Crippen LogP contribution in [0.4, 0.5) is 11.5 Å². The van der Waals surface area contributed by atoms with E-state index in [1.807, 2.05) is 37.3 Å². The summed E-state index contributed by atoms with van der Waals surface area (Å²) in [6, 6.07) is 18.8. The summed E-state index contributed by atoms with van der Waals surface area (Å²) < 4.78 is 0. The maximum Gasteiger partial charge on any atom is 0.251 e. The highest BCUT2D eigenvalue weighted by Gasteiger charge is 2.07. The Morgan fingerprint density at radius 3 is 2.64 bits per heavy atom. The van der Waals surface area contributed by atoms with Gasteiger partial charge in [-0.2, -0.15) is 0 Å². The van der Waals surface area contributed by atoms with Gasteiger partial charge >= 0.3 is 0 Å². The molecule has 2 N–H and O–H groups in total. The molecular weight excluding hydrogens is 334 g/mol. The van der Waals surface area contributed by atoms with E-state index in [-0.39, 0.29) is 5.91 Å². The minimum atomic E-state index is -0.136. The van der Waals surface area contributed by atoms with Crippen molar-refractivity contribution in [3.63, 3.8) is 0 Å². The van der Waals surface area contributed by atoms with Crippen LogP contribution in [0.1, 0.15) is 21.5 Å². The van der Waals surface area contributed by atoms with Crippen molar-refractivity contribution in [3.05, 3.63) is 88.6 Å². The van der Waals surface area contributed by atoms with Crippen molar-refractivity contribution < 1.29 is 4.79 Å². The van der Waals surface area contributed by atoms with Crippen molar-refractivity contribution in [2.75, 3.05) is 5.32 Å². The molecule has 0 atom stereocenters. The normalized spacial score (nSPS) is 10.3. The third-order valence-electron chi connectivity index (χ3n) is 3.67. The standard InChI is InChI=1S/C20H18ClN3O/c1-14-3-2-4-15(11-14)13-23-20(25)16-9-10-22-19(12-16)24-18-7-5-17(21)6-8-18/h2-12H,13H2,1H3,(H,22,24)(H,23,25). The van der Waals surface area contributed by atoms with Crippen molar-refractivity contribution in [2.24, 2.45) is 0 Å². The number of carbonyl (C=O) groups is 1. The van der Waals surface area contributed by atoms with Crippen molar-refractivity contribution in [1.29, 1.82) is 0 Å². The van der Waals surface area contributed by atoms with Gasteiger partial charge in [0.15, 0.2) is 0 Å². The zero-order valence-corrected chi connectivity index (χ0v) is 14.5. The lowest BCUT2D eigenvalue weighted by Gasteiger charge is -2.09. The molecule has 0 spiro atoms. The average molecular weight is 352 g/mol. The van der Waals surface area contributed by atoms with Gasteiger partial charge in [-0.15, -0.1) is 0 Å². The van der Waals surface area contributed by atoms with Gasteiger partial charge in [-0.25, -0.2) is 4.98 Å². The van der Waals surface area contributed by atoms with Crippen molar-refractivity contribution in [1.82, 2.24) is 10.3 Å². The van der Waals surface area contributed by atoms with Crippen LogP contribution in [0.15, 0.2) is 66.9 Å². The van der Waals surface area contributed by atoms with Gasteiger partial charge in [-0.1, -0.05) is 41.4 Å². The molecule has 0 saturated heterocycles. The van der Waals surface area contributed by atoms with Crippen LogP contribution in [0, 0.1) is 6.92 Å². The number of benzene rings is 2. The predicted octanol–water partition coefficient (Wildman–Crippen LogP) is 4.72. The van der Waals surface area contributed by atoms with E-state index < -0.39 is 0 Å². The summed E-state index contributed by atoms with van der Waals surface area (Å²) in [5.41, 5.74) is 3.65. The van der Waals surface area contributed by atoms with Gasteiger partial charge in [0.2, 0.25) is 0 Å². The Balaban J connectivity index is 1.65. The summed E-state index contributed by atoms with van der Waals surface area (Å²) >= 11 is 5.88. The summed E-state index contributed by atoms with van der Waals surface area (Å²) in [4.78, 5) is 16.6. The molecule has 0 bridgehead atoms. The number of nitrogens with one attached hydrogen (secondary N) is 2. The van der Waals surface area contributed by atoms with E-state index in [9.17, 15) is 4.79 Å². The zero-order chi connectivity index (χ0) is 17.6. The van der Waals surface area contributed by atoms with Crippen LogP contribution in [-0.4, -0.2) is 10.9 Å². The number of rotatable bonds is 5. The molecule has 2 aromatic carbocycles. The van der Waals surface area contributed by atoms with Crippen LogP contribution in [0.5, 0.6) is 0 Å². The molecule has 3 rings (SSSR count). The maximum absolute atomic E-state index is 12.4. The largest absolute Gasteiger partial charge is 0.348 e. The fourth-order valence-corrected chi connectivity index (χ4v) is 2.55. The van der Waals surface area contributed by atoms with Crippen LogP contribution in [-0.2, 0) is 6.54 Å². The fraction of sp³-hybridized carbons (Fsp3) is 0.100. The molecule has 0 aliphatic heterocycles. The number of nitrogens with zero attached hydrogens (tertiary/aromatic N) is 1. The Morgan fingerprint density at radius 1 is 1.08 bits per heavy atom. The van der Waals surface area contributed by atoms with Crippen LogP contribution < -0.4 is 10.6 Å². The summed E-state index contributed by atoms with van der Waals surface area (Å²) in [5.74, 6) is 0.466. The lowest BCUT2D eigenvalue weighted by molar-refractivity contribution is 0.0951. The molecule has 25 heavy (non-hydrogen) atoms. The average Bonchev–Trinajstić information content (AvgIpc) is 2.62. The highest BCUT2D eigenvalue weighted by Crippen LogP contribution is 2.18. The molecule has 0 radical (unpaired) electrons. The SMILES string of the molecule is Cc1cccc(CNC(=O)c2ccnc(Nc3ccc(Cl)cc3)c2)c1. The van der Waals surface area contributed by atoms with Gasteiger partial charge in [0.05, 0.1) is 0 Å². The number of aromatic nitrogens is 1. The number of anilines is 2. The second-order valence-electron chi connectivity index (χ2n) is 5.73. The number of hydrogen-bond donors (Lipinski definition) is 2. The first-order valence-corrected chi connectivity index (χ1v) is 8.30. The topological polar surface area (TPSA) is 54.0 Å². The van der Waals surface area contributed by atoms with E-state index in [2.05, 4.69) is 21.7 Å². The second kappa shape index (κ2) is 7.81. The van der Waals surface area contributed by atoms with Crippen LogP contribution in [0.25, 0.3) is 0 Å². The van der Waals surface area contributed by atoms with E-state index in [4.69, 9.17) is 11.6 Å². The van der Waals surface area contributed by atoms with E-state index in [0.29, 0.717) is 22.9 Å². The highest BCUT2D eigenvalue weighted by molar-refractivity contribution is 6.30. The van der Waals surface area contributed by atoms with E-state index in [1.54, 1.807) is 30.5 Å². The predicted molar refractivity (Wildman–Crippen MR) is 101 cm³/mol. The number of halogens is 1. The van der Waals surface area contributed by atoms with E-state index in [1.165, 1.54) is 5.56 Å². The Hall–Kier alpha value is -2.85. The molecule has 0 fully saturated rings. The molecule has 4 nitrogen and oxygen atoms in total. The van der Waals surface area contributed by atoms with Gasteiger partial charge in [-0.3, -0.25) is 4.79 Å². The summed E-state index contributed by atoms with van der Waals surface area (Å²) in [6.45, 7) is 2.52. The lowest BCUT2D eigenvalue weighted by atomic mass is 10.1. The van der Waals surface area contributed by atoms with Gasteiger partial charge in [0.25, 0.3) is 5.91 Å². The van der Waals surface area contributed by atoms with Crippen molar-refractivity contribution in [2.45, 2.75) is 13.5 Å². The summed E-state index contributed by atoms with van der Waals surface area (Å²) in [5, 5.41) is 6.76. The number of carbonyl (C=O) groups excluding carboxylic acids is 1. The summed E-state index contributed by atoms with van der Waals surface area (Å²) in [6.07, 6.45) is 1.61.